The molecule has 0 aromatic heterocycles. The normalized spacial score (nSPS) is 10.1. The van der Waals surface area contributed by atoms with Crippen LogP contribution in [0.25, 0.3) is 0 Å². The van der Waals surface area contributed by atoms with E-state index in [-0.39, 0.29) is 5.91 Å². The fraction of sp³-hybridized carbons (Fsp3) is 0.0714. The Bertz CT molecular complexity index is 596. The summed E-state index contributed by atoms with van der Waals surface area (Å²) in [6.07, 6.45) is 0. The minimum absolute atomic E-state index is 0.123. The van der Waals surface area contributed by atoms with Gasteiger partial charge in [-0.3, -0.25) is 10.6 Å². The standard InChI is InChI=1S/C14H14IN3O/c1-9-8-12(18-16)6-7-13(9)14(19)17-11-4-2-10(15)3-5-11/h2-8,18H,16H2,1H3,(H,17,19). The number of aryl methyl sites for hydroxylation is 1. The van der Waals surface area contributed by atoms with Gasteiger partial charge in [-0.2, -0.15) is 0 Å². The number of hydrazine groups is 1. The molecule has 4 N–H and O–H groups in total. The van der Waals surface area contributed by atoms with E-state index >= 15 is 0 Å². The van der Waals surface area contributed by atoms with Crippen molar-refractivity contribution in [2.75, 3.05) is 10.7 Å². The number of carbonyl (C=O) groups is 1. The van der Waals surface area contributed by atoms with Crippen LogP contribution < -0.4 is 16.6 Å². The van der Waals surface area contributed by atoms with Crippen molar-refractivity contribution < 1.29 is 4.79 Å². The lowest BCUT2D eigenvalue weighted by molar-refractivity contribution is 0.102. The maximum absolute atomic E-state index is 12.2. The zero-order valence-electron chi connectivity index (χ0n) is 10.4. The van der Waals surface area contributed by atoms with Crippen LogP contribution in [0, 0.1) is 10.5 Å². The molecule has 4 nitrogen and oxygen atoms in total. The molecular weight excluding hydrogens is 353 g/mol. The van der Waals surface area contributed by atoms with Gasteiger partial charge in [0.25, 0.3) is 5.91 Å². The molecule has 1 amide bonds. The minimum Gasteiger partial charge on any atom is -0.324 e. The van der Waals surface area contributed by atoms with Crippen molar-refractivity contribution in [2.45, 2.75) is 6.92 Å². The highest BCUT2D eigenvalue weighted by molar-refractivity contribution is 14.1. The zero-order chi connectivity index (χ0) is 13.8. The summed E-state index contributed by atoms with van der Waals surface area (Å²) < 4.78 is 1.13. The molecule has 2 aromatic rings. The average molecular weight is 367 g/mol. The Hall–Kier alpha value is -1.60. The Morgan fingerprint density at radius 2 is 1.74 bits per heavy atom. The highest BCUT2D eigenvalue weighted by Gasteiger charge is 2.09. The van der Waals surface area contributed by atoms with E-state index in [0.717, 1.165) is 20.5 Å². The first-order chi connectivity index (χ1) is 9.10. The number of rotatable bonds is 3. The third kappa shape index (κ3) is 3.45. The Kier molecular flexibility index (Phi) is 4.39. The highest BCUT2D eigenvalue weighted by atomic mass is 127. The van der Waals surface area contributed by atoms with Gasteiger partial charge in [0.15, 0.2) is 0 Å². The van der Waals surface area contributed by atoms with E-state index in [9.17, 15) is 4.79 Å². The predicted molar refractivity (Wildman–Crippen MR) is 86.1 cm³/mol. The first-order valence-electron chi connectivity index (χ1n) is 5.74. The summed E-state index contributed by atoms with van der Waals surface area (Å²) in [4.78, 5) is 12.2. The van der Waals surface area contributed by atoms with Crippen LogP contribution in [0.1, 0.15) is 15.9 Å². The quantitative estimate of drug-likeness (QED) is 0.444. The molecule has 0 bridgehead atoms. The molecule has 2 rings (SSSR count). The van der Waals surface area contributed by atoms with Crippen molar-refractivity contribution in [2.24, 2.45) is 5.84 Å². The van der Waals surface area contributed by atoms with Gasteiger partial charge in [-0.15, -0.1) is 0 Å². The fourth-order valence-corrected chi connectivity index (χ4v) is 2.10. The number of halogens is 1. The molecule has 0 fully saturated rings. The maximum atomic E-state index is 12.2. The molecule has 98 valence electrons. The van der Waals surface area contributed by atoms with Gasteiger partial charge in [0.2, 0.25) is 0 Å². The van der Waals surface area contributed by atoms with Crippen LogP contribution in [0.4, 0.5) is 11.4 Å². The lowest BCUT2D eigenvalue weighted by Crippen LogP contribution is -2.14. The Labute approximate surface area is 125 Å². The topological polar surface area (TPSA) is 67.1 Å². The molecule has 19 heavy (non-hydrogen) atoms. The molecule has 0 heterocycles. The SMILES string of the molecule is Cc1cc(NN)ccc1C(=O)Nc1ccc(I)cc1. The monoisotopic (exact) mass is 367 g/mol. The fourth-order valence-electron chi connectivity index (χ4n) is 1.74. The second-order valence-corrected chi connectivity index (χ2v) is 5.38. The van der Waals surface area contributed by atoms with Crippen LogP contribution in [0.15, 0.2) is 42.5 Å². The predicted octanol–water partition coefficient (Wildman–Crippen LogP) is 3.14. The molecule has 0 spiro atoms. The van der Waals surface area contributed by atoms with Gasteiger partial charge in [0.05, 0.1) is 0 Å². The zero-order valence-corrected chi connectivity index (χ0v) is 12.6. The van der Waals surface area contributed by atoms with Gasteiger partial charge in [0, 0.05) is 20.5 Å². The third-order valence-electron chi connectivity index (χ3n) is 2.74. The van der Waals surface area contributed by atoms with E-state index in [1.807, 2.05) is 37.3 Å². The largest absolute Gasteiger partial charge is 0.324 e. The van der Waals surface area contributed by atoms with E-state index < -0.39 is 0 Å². The maximum Gasteiger partial charge on any atom is 0.255 e. The van der Waals surface area contributed by atoms with Crippen LogP contribution >= 0.6 is 22.6 Å². The van der Waals surface area contributed by atoms with Crippen molar-refractivity contribution in [1.82, 2.24) is 0 Å². The molecule has 0 atom stereocenters. The summed E-state index contributed by atoms with van der Waals surface area (Å²) in [6.45, 7) is 1.88. The first-order valence-corrected chi connectivity index (χ1v) is 6.82. The number of anilines is 2. The van der Waals surface area contributed by atoms with E-state index in [4.69, 9.17) is 5.84 Å². The average Bonchev–Trinajstić information content (AvgIpc) is 2.41. The van der Waals surface area contributed by atoms with Crippen molar-refractivity contribution in [3.8, 4) is 0 Å². The lowest BCUT2D eigenvalue weighted by Gasteiger charge is -2.09. The van der Waals surface area contributed by atoms with Gasteiger partial charge in [-0.05, 0) is 77.5 Å². The summed E-state index contributed by atoms with van der Waals surface area (Å²) in [7, 11) is 0. The summed E-state index contributed by atoms with van der Waals surface area (Å²) in [6, 6.07) is 13.0. The molecule has 0 aliphatic rings. The second-order valence-electron chi connectivity index (χ2n) is 4.14. The third-order valence-corrected chi connectivity index (χ3v) is 3.46. The molecule has 0 unspecified atom stereocenters. The van der Waals surface area contributed by atoms with E-state index in [1.165, 1.54) is 0 Å². The number of benzene rings is 2. The number of nitrogen functional groups attached to an aromatic ring is 1. The van der Waals surface area contributed by atoms with E-state index in [1.54, 1.807) is 12.1 Å². The van der Waals surface area contributed by atoms with Gasteiger partial charge in [0.1, 0.15) is 0 Å². The van der Waals surface area contributed by atoms with E-state index in [2.05, 4.69) is 33.3 Å². The molecule has 2 aromatic carbocycles. The number of hydrogen-bond acceptors (Lipinski definition) is 3. The Balaban J connectivity index is 2.18. The number of carbonyl (C=O) groups excluding carboxylic acids is 1. The van der Waals surface area contributed by atoms with E-state index in [0.29, 0.717) is 5.56 Å². The van der Waals surface area contributed by atoms with Crippen LogP contribution in [0.3, 0.4) is 0 Å². The van der Waals surface area contributed by atoms with Crippen LogP contribution in [0.5, 0.6) is 0 Å². The minimum atomic E-state index is -0.123. The van der Waals surface area contributed by atoms with Crippen LogP contribution in [-0.4, -0.2) is 5.91 Å². The molecular formula is C14H14IN3O. The summed E-state index contributed by atoms with van der Waals surface area (Å²) in [5, 5.41) is 2.87. The Morgan fingerprint density at radius 3 is 2.32 bits per heavy atom. The smallest absolute Gasteiger partial charge is 0.255 e. The molecule has 0 aliphatic carbocycles. The van der Waals surface area contributed by atoms with Gasteiger partial charge in [-0.25, -0.2) is 0 Å². The summed E-state index contributed by atoms with van der Waals surface area (Å²) in [5.41, 5.74) is 5.63. The summed E-state index contributed by atoms with van der Waals surface area (Å²) >= 11 is 2.22. The van der Waals surface area contributed by atoms with Gasteiger partial charge < -0.3 is 10.7 Å². The van der Waals surface area contributed by atoms with Gasteiger partial charge >= 0.3 is 0 Å². The molecule has 5 heteroatoms. The number of nitrogens with one attached hydrogen (secondary N) is 2. The van der Waals surface area contributed by atoms with Crippen molar-refractivity contribution in [1.29, 1.82) is 0 Å². The van der Waals surface area contributed by atoms with Crippen LogP contribution in [0.2, 0.25) is 0 Å². The first kappa shape index (κ1) is 13.8. The second kappa shape index (κ2) is 6.03. The molecule has 0 saturated carbocycles. The van der Waals surface area contributed by atoms with Gasteiger partial charge in [-0.1, -0.05) is 0 Å². The van der Waals surface area contributed by atoms with Crippen LogP contribution in [-0.2, 0) is 0 Å². The van der Waals surface area contributed by atoms with Crippen molar-refractivity contribution in [3.05, 3.63) is 57.2 Å². The Morgan fingerprint density at radius 1 is 1.11 bits per heavy atom. The summed E-state index contributed by atoms with van der Waals surface area (Å²) in [5.74, 6) is 5.21. The highest BCUT2D eigenvalue weighted by Crippen LogP contribution is 2.17. The number of nitrogens with two attached hydrogens (primary N) is 1. The lowest BCUT2D eigenvalue weighted by atomic mass is 10.1. The molecule has 0 saturated heterocycles. The molecule has 0 radical (unpaired) electrons. The number of hydrogen-bond donors (Lipinski definition) is 3. The number of amides is 1. The van der Waals surface area contributed by atoms with Crippen molar-refractivity contribution >= 4 is 39.9 Å². The van der Waals surface area contributed by atoms with Crippen molar-refractivity contribution in [3.63, 3.8) is 0 Å². The molecule has 0 aliphatic heterocycles.